The highest BCUT2D eigenvalue weighted by atomic mass is 32.2. The predicted molar refractivity (Wildman–Crippen MR) is 120 cm³/mol. The van der Waals surface area contributed by atoms with Gasteiger partial charge in [-0.1, -0.05) is 38.1 Å². The highest BCUT2D eigenvalue weighted by Gasteiger charge is 2.35. The zero-order valence-corrected chi connectivity index (χ0v) is 18.8. The number of hydrogen-bond donors (Lipinski definition) is 1. The summed E-state index contributed by atoms with van der Waals surface area (Å²) in [5, 5.41) is 3.01. The van der Waals surface area contributed by atoms with Crippen molar-refractivity contribution in [1.82, 2.24) is 10.2 Å². The lowest BCUT2D eigenvalue weighted by molar-refractivity contribution is 0.0922. The molecule has 1 fully saturated rings. The first-order chi connectivity index (χ1) is 14.8. The molecular weight excluding hydrogens is 414 g/mol. The van der Waals surface area contributed by atoms with Crippen LogP contribution < -0.4 is 5.32 Å². The van der Waals surface area contributed by atoms with Crippen LogP contribution in [0.25, 0.3) is 4.91 Å². The van der Waals surface area contributed by atoms with E-state index in [1.807, 2.05) is 36.1 Å². The van der Waals surface area contributed by atoms with Crippen molar-refractivity contribution < 1.29 is 17.6 Å². The zero-order chi connectivity index (χ0) is 22.2. The van der Waals surface area contributed by atoms with E-state index in [4.69, 9.17) is 4.42 Å². The van der Waals surface area contributed by atoms with Crippen LogP contribution in [-0.4, -0.2) is 44.2 Å². The number of sulfonamides is 1. The molecule has 1 saturated heterocycles. The first-order valence-corrected chi connectivity index (χ1v) is 11.9. The Labute approximate surface area is 182 Å². The van der Waals surface area contributed by atoms with Gasteiger partial charge in [0.1, 0.15) is 17.0 Å². The maximum Gasteiger partial charge on any atom is 0.285 e. The van der Waals surface area contributed by atoms with Crippen LogP contribution in [0.4, 0.5) is 0 Å². The summed E-state index contributed by atoms with van der Waals surface area (Å²) in [6.45, 7) is 7.29. The number of carbonyl (C=O) groups is 1. The van der Waals surface area contributed by atoms with Gasteiger partial charge in [0.25, 0.3) is 15.9 Å². The van der Waals surface area contributed by atoms with Gasteiger partial charge in [-0.15, -0.1) is 4.40 Å². The van der Waals surface area contributed by atoms with Crippen molar-refractivity contribution in [3.8, 4) is 0 Å². The number of hydrogen-bond acceptors (Lipinski definition) is 5. The van der Waals surface area contributed by atoms with E-state index in [0.717, 1.165) is 5.56 Å². The minimum atomic E-state index is -3.74. The molecule has 1 N–H and O–H groups in total. The van der Waals surface area contributed by atoms with E-state index in [1.165, 1.54) is 12.5 Å². The van der Waals surface area contributed by atoms with Gasteiger partial charge in [0.05, 0.1) is 11.8 Å². The maximum absolute atomic E-state index is 12.8. The molecule has 0 aliphatic carbocycles. The van der Waals surface area contributed by atoms with Crippen molar-refractivity contribution in [3.05, 3.63) is 65.1 Å². The summed E-state index contributed by atoms with van der Waals surface area (Å²) in [5.41, 5.74) is 3.01. The second-order valence-corrected chi connectivity index (χ2v) is 9.91. The second kappa shape index (κ2) is 8.34. The summed E-state index contributed by atoms with van der Waals surface area (Å²) in [7, 11) is -3.74. The molecule has 7 nitrogen and oxygen atoms in total. The SMILES string of the molecule is CC1=C(c2ccc(C(C)C)cc2)S(=O)(=O)N=C1N1CCC(NC(=O)c2ccoc2)CC1. The third kappa shape index (κ3) is 4.30. The van der Waals surface area contributed by atoms with E-state index in [1.54, 1.807) is 6.07 Å². The van der Waals surface area contributed by atoms with Gasteiger partial charge in [-0.3, -0.25) is 4.79 Å². The van der Waals surface area contributed by atoms with E-state index < -0.39 is 10.0 Å². The highest BCUT2D eigenvalue weighted by Crippen LogP contribution is 2.34. The lowest BCUT2D eigenvalue weighted by Crippen LogP contribution is -2.46. The summed E-state index contributed by atoms with van der Waals surface area (Å²) in [4.78, 5) is 14.5. The standard InChI is InChI=1S/C23H27N3O4S/c1-15(2)17-4-6-18(7-5-17)21-16(3)22(25-31(21,28)29)26-11-8-20(9-12-26)24-23(27)19-10-13-30-14-19/h4-7,10,13-15,20H,8-9,11-12H2,1-3H3,(H,24,27). The van der Waals surface area contributed by atoms with Crippen molar-refractivity contribution >= 4 is 26.7 Å². The van der Waals surface area contributed by atoms with Gasteiger partial charge in [-0.2, -0.15) is 8.42 Å². The summed E-state index contributed by atoms with van der Waals surface area (Å²) >= 11 is 0. The molecule has 3 heterocycles. The fraction of sp³-hybridized carbons (Fsp3) is 0.391. The molecule has 2 aliphatic rings. The normalized spacial score (nSPS) is 19.1. The van der Waals surface area contributed by atoms with Gasteiger partial charge in [0.15, 0.2) is 0 Å². The van der Waals surface area contributed by atoms with E-state index in [9.17, 15) is 13.2 Å². The molecule has 1 aromatic carbocycles. The monoisotopic (exact) mass is 441 g/mol. The molecule has 0 spiro atoms. The Balaban J connectivity index is 1.47. The van der Waals surface area contributed by atoms with E-state index in [-0.39, 0.29) is 16.9 Å². The number of rotatable bonds is 4. The summed E-state index contributed by atoms with van der Waals surface area (Å²) in [6, 6.07) is 9.34. The zero-order valence-electron chi connectivity index (χ0n) is 18.0. The summed E-state index contributed by atoms with van der Waals surface area (Å²) in [6.07, 6.45) is 4.33. The van der Waals surface area contributed by atoms with Crippen molar-refractivity contribution in [2.45, 2.75) is 45.6 Å². The van der Waals surface area contributed by atoms with Crippen molar-refractivity contribution in [3.63, 3.8) is 0 Å². The number of amidine groups is 1. The number of likely N-dealkylation sites (tertiary alicyclic amines) is 1. The molecule has 0 radical (unpaired) electrons. The maximum atomic E-state index is 12.8. The molecule has 0 atom stereocenters. The Morgan fingerprint density at radius 3 is 2.42 bits per heavy atom. The van der Waals surface area contributed by atoms with E-state index in [0.29, 0.717) is 54.4 Å². The third-order valence-corrected chi connectivity index (χ3v) is 7.36. The van der Waals surface area contributed by atoms with Crippen LogP contribution in [0.1, 0.15) is 61.0 Å². The number of benzene rings is 1. The molecule has 1 amide bonds. The summed E-state index contributed by atoms with van der Waals surface area (Å²) < 4.78 is 34.8. The average Bonchev–Trinajstić information content (AvgIpc) is 3.35. The Bertz CT molecular complexity index is 1120. The quantitative estimate of drug-likeness (QED) is 0.780. The lowest BCUT2D eigenvalue weighted by Gasteiger charge is -2.33. The third-order valence-electron chi connectivity index (χ3n) is 5.89. The van der Waals surface area contributed by atoms with Gasteiger partial charge in [0.2, 0.25) is 0 Å². The smallest absolute Gasteiger partial charge is 0.285 e. The molecule has 31 heavy (non-hydrogen) atoms. The van der Waals surface area contributed by atoms with Crippen LogP contribution in [0.2, 0.25) is 0 Å². The Kier molecular flexibility index (Phi) is 5.75. The molecule has 4 rings (SSSR count). The van der Waals surface area contributed by atoms with Gasteiger partial charge in [-0.25, -0.2) is 0 Å². The highest BCUT2D eigenvalue weighted by molar-refractivity contribution is 8.00. The number of piperidine rings is 1. The molecule has 0 bridgehead atoms. The fourth-order valence-corrected chi connectivity index (χ4v) is 5.58. The van der Waals surface area contributed by atoms with E-state index in [2.05, 4.69) is 23.6 Å². The number of furan rings is 1. The number of nitrogens with zero attached hydrogens (tertiary/aromatic N) is 2. The van der Waals surface area contributed by atoms with Crippen LogP contribution in [-0.2, 0) is 10.0 Å². The fourth-order valence-electron chi connectivity index (χ4n) is 4.10. The van der Waals surface area contributed by atoms with Crippen LogP contribution in [0.3, 0.4) is 0 Å². The predicted octanol–water partition coefficient (Wildman–Crippen LogP) is 3.77. The molecule has 1 aromatic heterocycles. The first-order valence-electron chi connectivity index (χ1n) is 10.5. The Morgan fingerprint density at radius 2 is 1.84 bits per heavy atom. The molecule has 2 aliphatic heterocycles. The largest absolute Gasteiger partial charge is 0.472 e. The minimum absolute atomic E-state index is 0.0320. The molecule has 0 saturated carbocycles. The van der Waals surface area contributed by atoms with Crippen molar-refractivity contribution in [1.29, 1.82) is 0 Å². The molecule has 8 heteroatoms. The Hall–Kier alpha value is -2.87. The molecule has 0 unspecified atom stereocenters. The van der Waals surface area contributed by atoms with Crippen LogP contribution in [0.5, 0.6) is 0 Å². The van der Waals surface area contributed by atoms with E-state index >= 15 is 0 Å². The first kappa shape index (κ1) is 21.4. The minimum Gasteiger partial charge on any atom is -0.472 e. The van der Waals surface area contributed by atoms with Gasteiger partial charge >= 0.3 is 0 Å². The van der Waals surface area contributed by atoms with Gasteiger partial charge in [0, 0.05) is 24.7 Å². The summed E-state index contributed by atoms with van der Waals surface area (Å²) in [5.74, 6) is 0.741. The number of carbonyl (C=O) groups excluding carboxylic acids is 1. The molecule has 2 aromatic rings. The lowest BCUT2D eigenvalue weighted by atomic mass is 10.00. The molecule has 164 valence electrons. The van der Waals surface area contributed by atoms with Crippen LogP contribution in [0, 0.1) is 0 Å². The topological polar surface area (TPSA) is 92.0 Å². The number of amides is 1. The Morgan fingerprint density at radius 1 is 1.16 bits per heavy atom. The van der Waals surface area contributed by atoms with Crippen LogP contribution >= 0.6 is 0 Å². The molecular formula is C23H27N3O4S. The van der Waals surface area contributed by atoms with Crippen molar-refractivity contribution in [2.75, 3.05) is 13.1 Å². The van der Waals surface area contributed by atoms with Crippen molar-refractivity contribution in [2.24, 2.45) is 4.40 Å². The van der Waals surface area contributed by atoms with Gasteiger partial charge < -0.3 is 14.6 Å². The number of nitrogens with one attached hydrogen (secondary N) is 1. The van der Waals surface area contributed by atoms with Gasteiger partial charge in [-0.05, 0) is 42.9 Å². The second-order valence-electron chi connectivity index (χ2n) is 8.37. The average molecular weight is 442 g/mol. The van der Waals surface area contributed by atoms with Crippen LogP contribution in [0.15, 0.2) is 57.2 Å².